The molecule has 0 spiro atoms. The summed E-state index contributed by atoms with van der Waals surface area (Å²) in [4.78, 5) is 10.5. The van der Waals surface area contributed by atoms with Crippen LogP contribution in [0.15, 0.2) is 0 Å². The molecule has 0 amide bonds. The third-order valence-corrected chi connectivity index (χ3v) is 2.05. The lowest BCUT2D eigenvalue weighted by Gasteiger charge is -2.17. The smallest absolute Gasteiger partial charge is 0.155 e. The monoisotopic (exact) mass is 246 g/mol. The fourth-order valence-electron chi connectivity index (χ4n) is 1.03. The first kappa shape index (κ1) is 16.6. The maximum Gasteiger partial charge on any atom is 0.155 e. The Morgan fingerprint density at radius 2 is 1.35 bits per heavy atom. The second-order valence-electron chi connectivity index (χ2n) is 5.29. The Hall–Kier alpha value is -0.450. The SMILES string of the molecule is CC(=O)COCCOCCOCCC(C)(C)C. The van der Waals surface area contributed by atoms with Gasteiger partial charge in [0.15, 0.2) is 5.78 Å². The van der Waals surface area contributed by atoms with Crippen LogP contribution in [-0.4, -0.2) is 45.4 Å². The van der Waals surface area contributed by atoms with Gasteiger partial charge in [-0.2, -0.15) is 0 Å². The van der Waals surface area contributed by atoms with E-state index >= 15 is 0 Å². The van der Waals surface area contributed by atoms with E-state index in [0.717, 1.165) is 13.0 Å². The number of carbonyl (C=O) groups excluding carboxylic acids is 1. The predicted molar refractivity (Wildman–Crippen MR) is 67.2 cm³/mol. The quantitative estimate of drug-likeness (QED) is 0.553. The van der Waals surface area contributed by atoms with Crippen LogP contribution in [0.1, 0.15) is 34.1 Å². The summed E-state index contributed by atoms with van der Waals surface area (Å²) in [5, 5.41) is 0. The molecule has 0 fully saturated rings. The average molecular weight is 246 g/mol. The van der Waals surface area contributed by atoms with Gasteiger partial charge in [-0.3, -0.25) is 4.79 Å². The highest BCUT2D eigenvalue weighted by atomic mass is 16.5. The minimum atomic E-state index is 0.0375. The third-order valence-electron chi connectivity index (χ3n) is 2.05. The second-order valence-corrected chi connectivity index (χ2v) is 5.29. The van der Waals surface area contributed by atoms with E-state index in [1.807, 2.05) is 0 Å². The van der Waals surface area contributed by atoms with Gasteiger partial charge in [0.1, 0.15) is 6.61 Å². The third kappa shape index (κ3) is 15.5. The molecule has 0 aromatic heterocycles. The van der Waals surface area contributed by atoms with Gasteiger partial charge in [0.25, 0.3) is 0 Å². The van der Waals surface area contributed by atoms with Crippen LogP contribution in [-0.2, 0) is 19.0 Å². The van der Waals surface area contributed by atoms with Gasteiger partial charge in [0.05, 0.1) is 26.4 Å². The molecule has 0 radical (unpaired) electrons. The molecule has 0 saturated heterocycles. The van der Waals surface area contributed by atoms with E-state index in [1.54, 1.807) is 0 Å². The van der Waals surface area contributed by atoms with Crippen molar-refractivity contribution in [2.24, 2.45) is 5.41 Å². The van der Waals surface area contributed by atoms with Crippen LogP contribution in [0.2, 0.25) is 0 Å². The Balaban J connectivity index is 3.06. The molecule has 102 valence electrons. The van der Waals surface area contributed by atoms with E-state index in [9.17, 15) is 4.79 Å². The van der Waals surface area contributed by atoms with Crippen molar-refractivity contribution in [1.82, 2.24) is 0 Å². The van der Waals surface area contributed by atoms with Crippen LogP contribution in [0.5, 0.6) is 0 Å². The molecule has 0 bridgehead atoms. The average Bonchev–Trinajstić information content (AvgIpc) is 2.18. The van der Waals surface area contributed by atoms with E-state index in [0.29, 0.717) is 31.8 Å². The number of Topliss-reactive ketones (excluding diaryl/α,β-unsaturated/α-hetero) is 1. The lowest BCUT2D eigenvalue weighted by Crippen LogP contribution is -2.14. The van der Waals surface area contributed by atoms with Crippen molar-refractivity contribution in [3.05, 3.63) is 0 Å². The molecule has 0 unspecified atom stereocenters. The normalized spacial score (nSPS) is 11.8. The van der Waals surface area contributed by atoms with Crippen molar-refractivity contribution in [2.45, 2.75) is 34.1 Å². The van der Waals surface area contributed by atoms with Gasteiger partial charge in [-0.25, -0.2) is 0 Å². The van der Waals surface area contributed by atoms with Gasteiger partial charge in [0, 0.05) is 6.61 Å². The molecule has 0 aromatic rings. The van der Waals surface area contributed by atoms with Crippen molar-refractivity contribution in [2.75, 3.05) is 39.6 Å². The fraction of sp³-hybridized carbons (Fsp3) is 0.923. The fourth-order valence-corrected chi connectivity index (χ4v) is 1.03. The van der Waals surface area contributed by atoms with Crippen LogP contribution in [0.25, 0.3) is 0 Å². The largest absolute Gasteiger partial charge is 0.379 e. The van der Waals surface area contributed by atoms with Gasteiger partial charge in [0.2, 0.25) is 0 Å². The predicted octanol–water partition coefficient (Wildman–Crippen LogP) is 2.06. The van der Waals surface area contributed by atoms with E-state index in [-0.39, 0.29) is 12.4 Å². The Morgan fingerprint density at radius 3 is 1.82 bits per heavy atom. The molecule has 0 aliphatic heterocycles. The zero-order valence-corrected chi connectivity index (χ0v) is 11.6. The molecule has 0 aromatic carbocycles. The minimum absolute atomic E-state index is 0.0375. The standard InChI is InChI=1S/C13H26O4/c1-12(14)11-17-10-9-16-8-7-15-6-5-13(2,3)4/h5-11H2,1-4H3. The topological polar surface area (TPSA) is 44.8 Å². The Labute approximate surface area is 105 Å². The summed E-state index contributed by atoms with van der Waals surface area (Å²) >= 11 is 0. The summed E-state index contributed by atoms with van der Waals surface area (Å²) in [6.07, 6.45) is 1.05. The summed E-state index contributed by atoms with van der Waals surface area (Å²) in [5.74, 6) is 0.0375. The highest BCUT2D eigenvalue weighted by Crippen LogP contribution is 2.17. The number of carbonyl (C=O) groups is 1. The summed E-state index contributed by atoms with van der Waals surface area (Å²) in [6.45, 7) is 11.2. The first-order valence-corrected chi connectivity index (χ1v) is 6.14. The molecular formula is C13H26O4. The van der Waals surface area contributed by atoms with Crippen LogP contribution in [0.3, 0.4) is 0 Å². The molecule has 17 heavy (non-hydrogen) atoms. The number of hydrogen-bond donors (Lipinski definition) is 0. The number of hydrogen-bond acceptors (Lipinski definition) is 4. The summed E-state index contributed by atoms with van der Waals surface area (Å²) in [7, 11) is 0. The van der Waals surface area contributed by atoms with Gasteiger partial charge >= 0.3 is 0 Å². The van der Waals surface area contributed by atoms with Crippen molar-refractivity contribution in [3.8, 4) is 0 Å². The van der Waals surface area contributed by atoms with Gasteiger partial charge in [-0.1, -0.05) is 20.8 Å². The Morgan fingerprint density at radius 1 is 0.882 bits per heavy atom. The van der Waals surface area contributed by atoms with Gasteiger partial charge in [-0.05, 0) is 18.8 Å². The molecule has 0 rings (SSSR count). The first-order chi connectivity index (χ1) is 7.92. The Kier molecular flexibility index (Phi) is 9.31. The highest BCUT2D eigenvalue weighted by Gasteiger charge is 2.08. The maximum atomic E-state index is 10.5. The van der Waals surface area contributed by atoms with Crippen LogP contribution >= 0.6 is 0 Å². The highest BCUT2D eigenvalue weighted by molar-refractivity contribution is 5.76. The van der Waals surface area contributed by atoms with Gasteiger partial charge < -0.3 is 14.2 Å². The molecule has 0 aliphatic carbocycles. The first-order valence-electron chi connectivity index (χ1n) is 6.14. The molecule has 0 heterocycles. The second kappa shape index (κ2) is 9.57. The number of ether oxygens (including phenoxy) is 3. The Bertz CT molecular complexity index is 196. The van der Waals surface area contributed by atoms with Crippen molar-refractivity contribution in [1.29, 1.82) is 0 Å². The van der Waals surface area contributed by atoms with Crippen LogP contribution in [0.4, 0.5) is 0 Å². The van der Waals surface area contributed by atoms with Crippen LogP contribution < -0.4 is 0 Å². The van der Waals surface area contributed by atoms with Crippen molar-refractivity contribution < 1.29 is 19.0 Å². The van der Waals surface area contributed by atoms with Crippen molar-refractivity contribution in [3.63, 3.8) is 0 Å². The van der Waals surface area contributed by atoms with Gasteiger partial charge in [-0.15, -0.1) is 0 Å². The molecule has 0 aliphatic rings. The zero-order valence-electron chi connectivity index (χ0n) is 11.6. The maximum absolute atomic E-state index is 10.5. The zero-order chi connectivity index (χ0) is 13.1. The summed E-state index contributed by atoms with van der Waals surface area (Å²) < 4.78 is 15.8. The minimum Gasteiger partial charge on any atom is -0.379 e. The molecular weight excluding hydrogens is 220 g/mol. The number of ketones is 1. The summed E-state index contributed by atoms with van der Waals surface area (Å²) in [6, 6.07) is 0. The molecule has 4 heteroatoms. The lowest BCUT2D eigenvalue weighted by atomic mass is 9.93. The van der Waals surface area contributed by atoms with E-state index in [1.165, 1.54) is 6.92 Å². The van der Waals surface area contributed by atoms with Crippen LogP contribution in [0, 0.1) is 5.41 Å². The van der Waals surface area contributed by atoms with Crippen molar-refractivity contribution >= 4 is 5.78 Å². The molecule has 4 nitrogen and oxygen atoms in total. The number of rotatable bonds is 10. The molecule has 0 N–H and O–H groups in total. The van der Waals surface area contributed by atoms with E-state index < -0.39 is 0 Å². The van der Waals surface area contributed by atoms with E-state index in [4.69, 9.17) is 14.2 Å². The lowest BCUT2D eigenvalue weighted by molar-refractivity contribution is -0.122. The molecule has 0 atom stereocenters. The van der Waals surface area contributed by atoms with E-state index in [2.05, 4.69) is 20.8 Å². The summed E-state index contributed by atoms with van der Waals surface area (Å²) in [5.41, 5.74) is 0.321. The molecule has 0 saturated carbocycles.